The molecule has 0 spiro atoms. The molecule has 0 aliphatic carbocycles. The van der Waals surface area contributed by atoms with E-state index in [9.17, 15) is 45.6 Å². The monoisotopic (exact) mass is 1030 g/mol. The molecule has 0 bridgehead atoms. The third kappa shape index (κ3) is 30.5. The third-order valence-electron chi connectivity index (χ3n) is 15.0. The molecule has 4 unspecified atom stereocenters. The Hall–Kier alpha value is -1.27. The number of aliphatic hydroxyl groups is 8. The molecule has 14 nitrogen and oxygen atoms in total. The molecule has 2 rings (SSSR count). The lowest BCUT2D eigenvalue weighted by molar-refractivity contribution is -0.359. The van der Waals surface area contributed by atoms with Crippen molar-refractivity contribution in [2.24, 2.45) is 0 Å². The van der Waals surface area contributed by atoms with Crippen LogP contribution in [0.5, 0.6) is 0 Å². The maximum absolute atomic E-state index is 13.2. The van der Waals surface area contributed by atoms with E-state index in [1.54, 1.807) is 6.08 Å². The van der Waals surface area contributed by atoms with Crippen molar-refractivity contribution < 1.29 is 64.6 Å². The van der Waals surface area contributed by atoms with Crippen molar-refractivity contribution in [2.75, 3.05) is 19.8 Å². The van der Waals surface area contributed by atoms with Crippen LogP contribution in [0, 0.1) is 0 Å². The molecule has 0 saturated carbocycles. The lowest BCUT2D eigenvalue weighted by Gasteiger charge is -2.46. The molecular weight excluding hydrogens is 919 g/mol. The zero-order valence-electron chi connectivity index (χ0n) is 45.7. The second kappa shape index (κ2) is 44.8. The van der Waals surface area contributed by atoms with Gasteiger partial charge >= 0.3 is 0 Å². The van der Waals surface area contributed by atoms with E-state index in [-0.39, 0.29) is 18.9 Å². The molecule has 0 aromatic heterocycles. The summed E-state index contributed by atoms with van der Waals surface area (Å²) in [4.78, 5) is 13.2. The summed E-state index contributed by atoms with van der Waals surface area (Å²) in [6.45, 7) is 2.82. The summed E-state index contributed by atoms with van der Waals surface area (Å²) in [7, 11) is 0. The van der Waals surface area contributed by atoms with Crippen molar-refractivity contribution in [1.29, 1.82) is 0 Å². The highest BCUT2D eigenvalue weighted by atomic mass is 16.7. The number of hydrogen-bond donors (Lipinski definition) is 9. The summed E-state index contributed by atoms with van der Waals surface area (Å²) < 4.78 is 22.8. The molecule has 2 heterocycles. The van der Waals surface area contributed by atoms with Crippen LogP contribution in [0.15, 0.2) is 12.2 Å². The number of ether oxygens (including phenoxy) is 4. The molecule has 9 N–H and O–H groups in total. The van der Waals surface area contributed by atoms with E-state index in [0.717, 1.165) is 38.5 Å². The van der Waals surface area contributed by atoms with Gasteiger partial charge in [-0.1, -0.05) is 244 Å². The van der Waals surface area contributed by atoms with Gasteiger partial charge in [-0.05, 0) is 19.3 Å². The molecule has 0 radical (unpaired) electrons. The Morgan fingerprint density at radius 3 is 1.28 bits per heavy atom. The van der Waals surface area contributed by atoms with Gasteiger partial charge in [-0.2, -0.15) is 0 Å². The average molecular weight is 1030 g/mol. The van der Waals surface area contributed by atoms with Gasteiger partial charge in [0.1, 0.15) is 48.8 Å². The van der Waals surface area contributed by atoms with Crippen LogP contribution in [-0.2, 0) is 23.7 Å². The fourth-order valence-corrected chi connectivity index (χ4v) is 10.1. The fraction of sp³-hybridized carbons (Fsp3) is 0.948. The van der Waals surface area contributed by atoms with Gasteiger partial charge in [-0.25, -0.2) is 0 Å². The van der Waals surface area contributed by atoms with Crippen LogP contribution in [0.3, 0.4) is 0 Å². The number of amides is 1. The maximum Gasteiger partial charge on any atom is 0.220 e. The van der Waals surface area contributed by atoms with Crippen molar-refractivity contribution in [3.63, 3.8) is 0 Å². The van der Waals surface area contributed by atoms with Gasteiger partial charge in [0.15, 0.2) is 12.6 Å². The molecule has 12 atom stereocenters. The van der Waals surface area contributed by atoms with E-state index in [4.69, 9.17) is 18.9 Å². The lowest BCUT2D eigenvalue weighted by atomic mass is 9.97. The number of aliphatic hydroxyl groups excluding tert-OH is 8. The van der Waals surface area contributed by atoms with Crippen LogP contribution in [0.25, 0.3) is 0 Å². The number of unbranched alkanes of at least 4 members (excludes halogenated alkanes) is 35. The normalized spacial score (nSPS) is 25.6. The summed E-state index contributed by atoms with van der Waals surface area (Å²) in [6, 6.07) is -0.909. The van der Waals surface area contributed by atoms with Gasteiger partial charge in [0.25, 0.3) is 0 Å². The molecular formula is C58H111NO13. The smallest absolute Gasteiger partial charge is 0.220 e. The first-order valence-electron chi connectivity index (χ1n) is 29.9. The first-order valence-corrected chi connectivity index (χ1v) is 29.9. The predicted molar refractivity (Wildman–Crippen MR) is 286 cm³/mol. The summed E-state index contributed by atoms with van der Waals surface area (Å²) in [6.07, 6.45) is 34.0. The predicted octanol–water partition coefficient (Wildman–Crippen LogP) is 9.89. The van der Waals surface area contributed by atoms with E-state index in [0.29, 0.717) is 6.42 Å². The van der Waals surface area contributed by atoms with Crippen molar-refractivity contribution in [3.05, 3.63) is 12.2 Å². The van der Waals surface area contributed by atoms with Gasteiger partial charge in [0.05, 0.1) is 32.0 Å². The van der Waals surface area contributed by atoms with Crippen LogP contribution >= 0.6 is 0 Å². The van der Waals surface area contributed by atoms with E-state index in [1.165, 1.54) is 193 Å². The molecule has 0 aromatic rings. The molecule has 2 fully saturated rings. The highest BCUT2D eigenvalue weighted by Gasteiger charge is 2.51. The summed E-state index contributed by atoms with van der Waals surface area (Å²) in [5.41, 5.74) is 0. The topological polar surface area (TPSA) is 228 Å². The standard InChI is InChI=1S/C58H111NO13/c1-3-5-7-9-11-13-15-17-19-20-21-22-23-24-25-26-27-28-30-32-34-36-38-40-42-50(63)59-46(47(62)41-39-37-35-33-31-29-18-16-14-12-10-8-6-4-2)45-69-57-55(68)53(66)56(49(44-61)71-57)72-58-54(67)52(65)51(64)48(43-60)70-58/h39,41,46-49,51-58,60-62,64-68H,3-38,40,42-45H2,1-2H3,(H,59,63)/b41-39+/t46-,47+,48+,49+,51-,52?,53?,54?,55?,56+,57+,58-/m0/s1. The Morgan fingerprint density at radius 1 is 0.486 bits per heavy atom. The number of rotatable bonds is 48. The Labute approximate surface area is 437 Å². The summed E-state index contributed by atoms with van der Waals surface area (Å²) in [5.74, 6) is -0.234. The Morgan fingerprint density at radius 2 is 0.861 bits per heavy atom. The zero-order chi connectivity index (χ0) is 52.4. The van der Waals surface area contributed by atoms with Gasteiger partial charge in [-0.15, -0.1) is 0 Å². The highest BCUT2D eigenvalue weighted by molar-refractivity contribution is 5.76. The number of carbonyl (C=O) groups excluding carboxylic acids is 1. The van der Waals surface area contributed by atoms with Gasteiger partial charge in [-0.3, -0.25) is 4.79 Å². The molecule has 2 aliphatic heterocycles. The molecule has 72 heavy (non-hydrogen) atoms. The first kappa shape index (κ1) is 66.8. The minimum Gasteiger partial charge on any atom is -0.394 e. The van der Waals surface area contributed by atoms with Crippen LogP contribution in [0.1, 0.15) is 258 Å². The summed E-state index contributed by atoms with van der Waals surface area (Å²) >= 11 is 0. The fourth-order valence-electron chi connectivity index (χ4n) is 10.1. The second-order valence-corrected chi connectivity index (χ2v) is 21.5. The molecule has 14 heteroatoms. The van der Waals surface area contributed by atoms with Crippen LogP contribution in [0.4, 0.5) is 0 Å². The van der Waals surface area contributed by atoms with Gasteiger partial charge in [0, 0.05) is 6.42 Å². The number of carbonyl (C=O) groups is 1. The van der Waals surface area contributed by atoms with E-state index in [1.807, 2.05) is 6.08 Å². The van der Waals surface area contributed by atoms with Crippen molar-refractivity contribution in [1.82, 2.24) is 5.32 Å². The Kier molecular flexibility index (Phi) is 41.6. The molecule has 0 aromatic carbocycles. The minimum absolute atomic E-state index is 0.234. The van der Waals surface area contributed by atoms with Crippen LogP contribution < -0.4 is 5.32 Å². The first-order chi connectivity index (χ1) is 35.1. The third-order valence-corrected chi connectivity index (χ3v) is 15.0. The van der Waals surface area contributed by atoms with Crippen molar-refractivity contribution in [3.8, 4) is 0 Å². The Bertz CT molecular complexity index is 1260. The largest absolute Gasteiger partial charge is 0.394 e. The van der Waals surface area contributed by atoms with E-state index in [2.05, 4.69) is 19.2 Å². The van der Waals surface area contributed by atoms with E-state index >= 15 is 0 Å². The molecule has 426 valence electrons. The van der Waals surface area contributed by atoms with Gasteiger partial charge < -0.3 is 65.1 Å². The lowest BCUT2D eigenvalue weighted by Crippen LogP contribution is -2.65. The number of hydrogen-bond acceptors (Lipinski definition) is 13. The minimum atomic E-state index is -1.78. The van der Waals surface area contributed by atoms with Gasteiger partial charge in [0.2, 0.25) is 5.91 Å². The zero-order valence-corrected chi connectivity index (χ0v) is 45.7. The van der Waals surface area contributed by atoms with E-state index < -0.39 is 86.8 Å². The molecule has 2 saturated heterocycles. The highest BCUT2D eigenvalue weighted by Crippen LogP contribution is 2.30. The maximum atomic E-state index is 13.2. The van der Waals surface area contributed by atoms with Crippen molar-refractivity contribution >= 4 is 5.91 Å². The van der Waals surface area contributed by atoms with Crippen LogP contribution in [0.2, 0.25) is 0 Å². The SMILES string of the molecule is CCCCCCCCCCCCCC/C=C/[C@@H](O)[C@H](CO[C@@H]1O[C@H](CO)[C@@H](O[C@@H]2O[C@H](CO)[C@H](O)C(O)C2O)C(O)C1O)NC(=O)CCCCCCCCCCCCCCCCCCCCCCCCCC. The second-order valence-electron chi connectivity index (χ2n) is 21.5. The summed E-state index contributed by atoms with van der Waals surface area (Å²) in [5, 5.41) is 87.0. The average Bonchev–Trinajstić information content (AvgIpc) is 3.38. The van der Waals surface area contributed by atoms with Crippen molar-refractivity contribution in [2.45, 2.75) is 331 Å². The number of allylic oxidation sites excluding steroid dienone is 1. The Balaban J connectivity index is 1.73. The number of nitrogens with one attached hydrogen (secondary N) is 1. The van der Waals surface area contributed by atoms with Crippen LogP contribution in [-0.4, -0.2) is 140 Å². The molecule has 2 aliphatic rings. The molecule has 1 amide bonds. The quantitative estimate of drug-likeness (QED) is 0.0205.